The Morgan fingerprint density at radius 3 is 2.59 bits per heavy atom. The topological polar surface area (TPSA) is 77.2 Å². The van der Waals surface area contributed by atoms with Crippen molar-refractivity contribution in [3.05, 3.63) is 28.8 Å². The largest absolute Gasteiger partial charge is 0.398 e. The first kappa shape index (κ1) is 14.0. The number of anilines is 1. The molecule has 0 radical (unpaired) electrons. The molecule has 1 aromatic rings. The summed E-state index contributed by atoms with van der Waals surface area (Å²) < 4.78 is 21.8. The first-order valence-corrected chi connectivity index (χ1v) is 7.49. The van der Waals surface area contributed by atoms with Gasteiger partial charge in [-0.25, -0.2) is 8.42 Å². The van der Waals surface area contributed by atoms with Crippen molar-refractivity contribution in [2.75, 3.05) is 17.7 Å². The van der Waals surface area contributed by atoms with Crippen molar-refractivity contribution >= 4 is 32.9 Å². The molecule has 0 bridgehead atoms. The smallest absolute Gasteiger partial charge is 0.162 e. The summed E-state index contributed by atoms with van der Waals surface area (Å²) in [6.45, 7) is 0. The summed E-state index contributed by atoms with van der Waals surface area (Å²) in [6.07, 6.45) is 1.66. The lowest BCUT2D eigenvalue weighted by Crippen LogP contribution is -2.06. The second-order valence-electron chi connectivity index (χ2n) is 3.89. The van der Waals surface area contributed by atoms with Crippen LogP contribution in [0.1, 0.15) is 23.2 Å². The third-order valence-electron chi connectivity index (χ3n) is 2.24. The van der Waals surface area contributed by atoms with Crippen molar-refractivity contribution in [2.45, 2.75) is 12.8 Å². The number of carbonyl (C=O) groups excluding carboxylic acids is 1. The van der Waals surface area contributed by atoms with Gasteiger partial charge in [0, 0.05) is 18.2 Å². The zero-order valence-electron chi connectivity index (χ0n) is 9.44. The summed E-state index contributed by atoms with van der Waals surface area (Å²) in [6, 6.07) is 4.65. The summed E-state index contributed by atoms with van der Waals surface area (Å²) in [5.74, 6) is -0.114. The highest BCUT2D eigenvalue weighted by molar-refractivity contribution is 7.90. The fraction of sp³-hybridized carbons (Fsp3) is 0.364. The minimum atomic E-state index is -3.02. The summed E-state index contributed by atoms with van der Waals surface area (Å²) in [4.78, 5) is 11.7. The van der Waals surface area contributed by atoms with Gasteiger partial charge in [-0.15, -0.1) is 0 Å². The van der Waals surface area contributed by atoms with Gasteiger partial charge in [0.15, 0.2) is 5.78 Å². The number of sulfone groups is 1. The lowest BCUT2D eigenvalue weighted by Gasteiger charge is -2.03. The zero-order valence-corrected chi connectivity index (χ0v) is 11.0. The third-order valence-corrected chi connectivity index (χ3v) is 3.60. The van der Waals surface area contributed by atoms with Crippen molar-refractivity contribution in [3.8, 4) is 0 Å². The lowest BCUT2D eigenvalue weighted by atomic mass is 10.1. The fourth-order valence-electron chi connectivity index (χ4n) is 1.34. The summed E-state index contributed by atoms with van der Waals surface area (Å²) in [7, 11) is -3.02. The number of halogens is 1. The van der Waals surface area contributed by atoms with Crippen LogP contribution in [0.15, 0.2) is 18.2 Å². The van der Waals surface area contributed by atoms with Crippen LogP contribution in [-0.4, -0.2) is 26.2 Å². The van der Waals surface area contributed by atoms with E-state index in [-0.39, 0.29) is 18.0 Å². The maximum Gasteiger partial charge on any atom is 0.162 e. The van der Waals surface area contributed by atoms with Gasteiger partial charge in [0.05, 0.1) is 16.5 Å². The SMILES string of the molecule is CS(=O)(=O)CCCC(=O)c1ccc(N)c(Cl)c1. The van der Waals surface area contributed by atoms with E-state index in [1.165, 1.54) is 6.07 Å². The molecule has 1 rings (SSSR count). The van der Waals surface area contributed by atoms with Crippen molar-refractivity contribution in [2.24, 2.45) is 0 Å². The van der Waals surface area contributed by atoms with Crippen molar-refractivity contribution in [1.82, 2.24) is 0 Å². The van der Waals surface area contributed by atoms with Crippen molar-refractivity contribution < 1.29 is 13.2 Å². The number of nitrogens with two attached hydrogens (primary N) is 1. The Labute approximate surface area is 106 Å². The molecule has 0 aromatic heterocycles. The molecule has 0 atom stereocenters. The molecule has 1 aromatic carbocycles. The molecule has 94 valence electrons. The van der Waals surface area contributed by atoms with Crippen LogP contribution in [0.3, 0.4) is 0 Å². The molecule has 2 N–H and O–H groups in total. The van der Waals surface area contributed by atoms with Gasteiger partial charge in [-0.3, -0.25) is 4.79 Å². The molecule has 0 heterocycles. The Kier molecular flexibility index (Phi) is 4.54. The van der Waals surface area contributed by atoms with E-state index in [1.54, 1.807) is 12.1 Å². The van der Waals surface area contributed by atoms with Gasteiger partial charge in [-0.1, -0.05) is 11.6 Å². The average molecular weight is 276 g/mol. The molecular weight excluding hydrogens is 262 g/mol. The van der Waals surface area contributed by atoms with E-state index in [2.05, 4.69) is 0 Å². The van der Waals surface area contributed by atoms with E-state index < -0.39 is 9.84 Å². The highest BCUT2D eigenvalue weighted by atomic mass is 35.5. The van der Waals surface area contributed by atoms with Crippen molar-refractivity contribution in [1.29, 1.82) is 0 Å². The number of rotatable bonds is 5. The predicted molar refractivity (Wildman–Crippen MR) is 69.1 cm³/mol. The van der Waals surface area contributed by atoms with Gasteiger partial charge in [0.25, 0.3) is 0 Å². The molecule has 0 fully saturated rings. The zero-order chi connectivity index (χ0) is 13.1. The van der Waals surface area contributed by atoms with Crippen molar-refractivity contribution in [3.63, 3.8) is 0 Å². The van der Waals surface area contributed by atoms with Crippen LogP contribution in [0.2, 0.25) is 5.02 Å². The summed E-state index contributed by atoms with van der Waals surface area (Å²) >= 11 is 5.79. The van der Waals surface area contributed by atoms with Crippen LogP contribution in [0.5, 0.6) is 0 Å². The molecule has 6 heteroatoms. The van der Waals surface area contributed by atoms with E-state index in [1.807, 2.05) is 0 Å². The minimum absolute atomic E-state index is 0.0153. The van der Waals surface area contributed by atoms with E-state index in [0.717, 1.165) is 6.26 Å². The van der Waals surface area contributed by atoms with E-state index in [9.17, 15) is 13.2 Å². The number of ketones is 1. The van der Waals surface area contributed by atoms with Gasteiger partial charge in [0.2, 0.25) is 0 Å². The second kappa shape index (κ2) is 5.51. The van der Waals surface area contributed by atoms with E-state index in [4.69, 9.17) is 17.3 Å². The van der Waals surface area contributed by atoms with Crippen LogP contribution in [0, 0.1) is 0 Å². The maximum atomic E-state index is 11.7. The molecule has 0 saturated heterocycles. The van der Waals surface area contributed by atoms with Crippen LogP contribution in [0.25, 0.3) is 0 Å². The number of carbonyl (C=O) groups is 1. The molecule has 4 nitrogen and oxygen atoms in total. The van der Waals surface area contributed by atoms with Gasteiger partial charge in [-0.2, -0.15) is 0 Å². The third kappa shape index (κ3) is 4.75. The maximum absolute atomic E-state index is 11.7. The van der Waals surface area contributed by atoms with Gasteiger partial charge >= 0.3 is 0 Å². The molecule has 0 spiro atoms. The standard InChI is InChI=1S/C11H14ClNO3S/c1-17(15,16)6-2-3-11(14)8-4-5-10(13)9(12)7-8/h4-5,7H,2-3,6,13H2,1H3. The van der Waals surface area contributed by atoms with Crippen LogP contribution >= 0.6 is 11.6 Å². The quantitative estimate of drug-likeness (QED) is 0.658. The van der Waals surface area contributed by atoms with Gasteiger partial charge in [-0.05, 0) is 24.6 Å². The Bertz CT molecular complexity index is 526. The average Bonchev–Trinajstić information content (AvgIpc) is 2.20. The Hall–Kier alpha value is -1.07. The Morgan fingerprint density at radius 1 is 1.41 bits per heavy atom. The van der Waals surface area contributed by atoms with Crippen LogP contribution in [-0.2, 0) is 9.84 Å². The number of hydrogen-bond donors (Lipinski definition) is 1. The van der Waals surface area contributed by atoms with Gasteiger partial charge < -0.3 is 5.73 Å². The van der Waals surface area contributed by atoms with Crippen LogP contribution in [0.4, 0.5) is 5.69 Å². The van der Waals surface area contributed by atoms with Crippen LogP contribution < -0.4 is 5.73 Å². The molecule has 0 amide bonds. The molecular formula is C11H14ClNO3S. The molecule has 0 aliphatic rings. The first-order valence-electron chi connectivity index (χ1n) is 5.05. The molecule has 0 aliphatic heterocycles. The monoisotopic (exact) mass is 275 g/mol. The fourth-order valence-corrected chi connectivity index (χ4v) is 2.19. The molecule has 0 saturated carbocycles. The number of benzene rings is 1. The Balaban J connectivity index is 2.61. The molecule has 0 unspecified atom stereocenters. The Morgan fingerprint density at radius 2 is 2.06 bits per heavy atom. The second-order valence-corrected chi connectivity index (χ2v) is 6.56. The van der Waals surface area contributed by atoms with E-state index >= 15 is 0 Å². The van der Waals surface area contributed by atoms with E-state index in [0.29, 0.717) is 22.7 Å². The summed E-state index contributed by atoms with van der Waals surface area (Å²) in [5.41, 5.74) is 6.40. The lowest BCUT2D eigenvalue weighted by molar-refractivity contribution is 0.0982. The predicted octanol–water partition coefficient (Wildman–Crippen LogP) is 1.93. The normalized spacial score (nSPS) is 11.4. The first-order chi connectivity index (χ1) is 7.79. The number of nitrogen functional groups attached to an aromatic ring is 1. The molecule has 17 heavy (non-hydrogen) atoms. The minimum Gasteiger partial charge on any atom is -0.398 e. The number of hydrogen-bond acceptors (Lipinski definition) is 4. The highest BCUT2D eigenvalue weighted by Gasteiger charge is 2.09. The summed E-state index contributed by atoms with van der Waals surface area (Å²) in [5, 5.41) is 0.332. The number of Topliss-reactive ketones (excluding diaryl/α,β-unsaturated/α-hetero) is 1. The highest BCUT2D eigenvalue weighted by Crippen LogP contribution is 2.20. The molecule has 0 aliphatic carbocycles. The van der Waals surface area contributed by atoms with Gasteiger partial charge in [0.1, 0.15) is 9.84 Å².